The number of hydrogen-bond donors (Lipinski definition) is 0. The highest BCUT2D eigenvalue weighted by molar-refractivity contribution is 6.39. The largest absolute Gasteiger partial charge is 0.274 e. The molecule has 0 aliphatic carbocycles. The maximum Gasteiger partial charge on any atom is 0.266 e. The third-order valence-electron chi connectivity index (χ3n) is 7.15. The first kappa shape index (κ1) is 23.0. The van der Waals surface area contributed by atoms with Crippen molar-refractivity contribution in [1.82, 2.24) is 4.90 Å². The van der Waals surface area contributed by atoms with E-state index in [0.717, 1.165) is 30.4 Å². The minimum atomic E-state index is -0.424. The number of amides is 4. The Labute approximate surface area is 204 Å². The molecule has 0 fully saturated rings. The summed E-state index contributed by atoms with van der Waals surface area (Å²) in [5.41, 5.74) is 3.91. The summed E-state index contributed by atoms with van der Waals surface area (Å²) in [5, 5.41) is 0.829. The lowest BCUT2D eigenvalue weighted by Crippen LogP contribution is -2.44. The van der Waals surface area contributed by atoms with Crippen molar-refractivity contribution in [2.75, 3.05) is 11.4 Å². The lowest BCUT2D eigenvalue weighted by atomic mass is 9.85. The molecule has 2 aliphatic heterocycles. The smallest absolute Gasteiger partial charge is 0.266 e. The van der Waals surface area contributed by atoms with Gasteiger partial charge < -0.3 is 0 Å². The van der Waals surface area contributed by atoms with Gasteiger partial charge in [-0.2, -0.15) is 0 Å². The second-order valence-electron chi connectivity index (χ2n) is 9.12. The maximum absolute atomic E-state index is 13.8. The minimum Gasteiger partial charge on any atom is -0.274 e. The Hall–Kier alpha value is -3.80. The van der Waals surface area contributed by atoms with Crippen molar-refractivity contribution >= 4 is 40.1 Å². The van der Waals surface area contributed by atoms with Crippen LogP contribution in [-0.4, -0.2) is 35.1 Å². The second-order valence-corrected chi connectivity index (χ2v) is 9.12. The van der Waals surface area contributed by atoms with Gasteiger partial charge in [0.2, 0.25) is 0 Å². The number of aryl methyl sites for hydroxylation is 2. The summed E-state index contributed by atoms with van der Waals surface area (Å²) >= 11 is 0. The number of anilines is 1. The van der Waals surface area contributed by atoms with Crippen molar-refractivity contribution in [2.45, 2.75) is 52.9 Å². The van der Waals surface area contributed by atoms with Crippen molar-refractivity contribution in [3.05, 3.63) is 75.8 Å². The van der Waals surface area contributed by atoms with E-state index in [-0.39, 0.29) is 11.8 Å². The molecule has 3 aromatic carbocycles. The number of hydrogen-bond acceptors (Lipinski definition) is 4. The van der Waals surface area contributed by atoms with Crippen molar-refractivity contribution in [3.8, 4) is 0 Å². The zero-order valence-electron chi connectivity index (χ0n) is 20.3. The van der Waals surface area contributed by atoms with E-state index in [9.17, 15) is 19.2 Å². The number of nitrogens with zero attached hydrogens (tertiary/aromatic N) is 2. The highest BCUT2D eigenvalue weighted by Crippen LogP contribution is 2.40. The molecule has 5 rings (SSSR count). The molecule has 0 bridgehead atoms. The quantitative estimate of drug-likeness (QED) is 0.336. The molecule has 0 atom stereocenters. The van der Waals surface area contributed by atoms with Gasteiger partial charge in [0.05, 0.1) is 5.69 Å². The van der Waals surface area contributed by atoms with Crippen LogP contribution >= 0.6 is 0 Å². The van der Waals surface area contributed by atoms with Gasteiger partial charge in [0.1, 0.15) is 0 Å². The summed E-state index contributed by atoms with van der Waals surface area (Å²) in [6, 6.07) is 12.3. The van der Waals surface area contributed by atoms with Crippen LogP contribution in [0.3, 0.4) is 0 Å². The van der Waals surface area contributed by atoms with Crippen LogP contribution in [-0.2, 0) is 12.8 Å². The maximum atomic E-state index is 13.8. The average molecular weight is 469 g/mol. The third kappa shape index (κ3) is 3.31. The SMILES string of the molecule is CCCCCN1C(=O)c2ccc3c4c(ccc(c24)C1=O)C(=O)N(c1c(CC)cccc1CC)C3=O. The van der Waals surface area contributed by atoms with Crippen LogP contribution in [0.25, 0.3) is 10.8 Å². The van der Waals surface area contributed by atoms with E-state index in [1.165, 1.54) is 9.80 Å². The zero-order chi connectivity index (χ0) is 24.9. The predicted octanol–water partition coefficient (Wildman–Crippen LogP) is 5.55. The Kier molecular flexibility index (Phi) is 5.75. The van der Waals surface area contributed by atoms with Crippen LogP contribution in [0.2, 0.25) is 0 Å². The van der Waals surface area contributed by atoms with E-state index < -0.39 is 11.8 Å². The van der Waals surface area contributed by atoms with Crippen LogP contribution < -0.4 is 4.90 Å². The van der Waals surface area contributed by atoms with Gasteiger partial charge in [-0.05, 0) is 54.7 Å². The lowest BCUT2D eigenvalue weighted by Gasteiger charge is -2.33. The van der Waals surface area contributed by atoms with Crippen LogP contribution in [0.1, 0.15) is 92.6 Å². The number of unbranched alkanes of at least 4 members (excludes halogenated alkanes) is 2. The molecule has 6 nitrogen and oxygen atoms in total. The summed E-state index contributed by atoms with van der Waals surface area (Å²) < 4.78 is 0. The molecule has 2 aliphatic rings. The fourth-order valence-corrected chi connectivity index (χ4v) is 5.35. The second kappa shape index (κ2) is 8.77. The highest BCUT2D eigenvalue weighted by Gasteiger charge is 2.40. The van der Waals surface area contributed by atoms with Gasteiger partial charge in [-0.3, -0.25) is 24.1 Å². The average Bonchev–Trinajstić information content (AvgIpc) is 2.88. The van der Waals surface area contributed by atoms with E-state index >= 15 is 0 Å². The molecule has 0 saturated heterocycles. The van der Waals surface area contributed by atoms with Crippen LogP contribution in [0.5, 0.6) is 0 Å². The standard InChI is InChI=1S/C29H28N2O4/c1-4-7-8-16-30-26(32)19-12-14-21-24-22(15-13-20(23(19)24)27(30)33)29(35)31(28(21)34)25-17(5-2)10-9-11-18(25)6-3/h9-15H,4-8,16H2,1-3H3. The third-order valence-corrected chi connectivity index (χ3v) is 7.15. The number of rotatable bonds is 7. The van der Waals surface area contributed by atoms with E-state index in [2.05, 4.69) is 6.92 Å². The molecule has 0 unspecified atom stereocenters. The van der Waals surface area contributed by atoms with Gasteiger partial charge in [-0.25, -0.2) is 4.90 Å². The van der Waals surface area contributed by atoms with Gasteiger partial charge >= 0.3 is 0 Å². The van der Waals surface area contributed by atoms with Gasteiger partial charge in [-0.15, -0.1) is 0 Å². The van der Waals surface area contributed by atoms with Crippen molar-refractivity contribution < 1.29 is 19.2 Å². The van der Waals surface area contributed by atoms with E-state index in [1.807, 2.05) is 32.0 Å². The number of para-hydroxylation sites is 1. The Bertz CT molecular complexity index is 1330. The van der Waals surface area contributed by atoms with Gasteiger partial charge in [0, 0.05) is 39.6 Å². The first-order valence-corrected chi connectivity index (χ1v) is 12.4. The van der Waals surface area contributed by atoms with E-state index in [0.29, 0.717) is 58.1 Å². The fraction of sp³-hybridized carbons (Fsp3) is 0.310. The van der Waals surface area contributed by atoms with E-state index in [1.54, 1.807) is 24.3 Å². The molecule has 6 heteroatoms. The number of imide groups is 2. The Morgan fingerprint density at radius 1 is 0.600 bits per heavy atom. The summed E-state index contributed by atoms with van der Waals surface area (Å²) in [6.45, 7) is 6.42. The topological polar surface area (TPSA) is 74.8 Å². The lowest BCUT2D eigenvalue weighted by molar-refractivity contribution is 0.0606. The van der Waals surface area contributed by atoms with Crippen molar-refractivity contribution in [3.63, 3.8) is 0 Å². The highest BCUT2D eigenvalue weighted by atomic mass is 16.2. The zero-order valence-corrected chi connectivity index (χ0v) is 20.3. The molecule has 0 N–H and O–H groups in total. The van der Waals surface area contributed by atoms with Crippen LogP contribution in [0, 0.1) is 0 Å². The molecule has 0 aromatic heterocycles. The molecule has 35 heavy (non-hydrogen) atoms. The molecule has 3 aromatic rings. The molecule has 4 amide bonds. The van der Waals surface area contributed by atoms with Gasteiger partial charge in [-0.1, -0.05) is 51.8 Å². The predicted molar refractivity (Wildman–Crippen MR) is 135 cm³/mol. The summed E-state index contributed by atoms with van der Waals surface area (Å²) in [4.78, 5) is 56.7. The molecular formula is C29H28N2O4. The Morgan fingerprint density at radius 2 is 1.06 bits per heavy atom. The molecule has 0 radical (unpaired) electrons. The van der Waals surface area contributed by atoms with Crippen LogP contribution in [0.15, 0.2) is 42.5 Å². The van der Waals surface area contributed by atoms with Crippen molar-refractivity contribution in [2.24, 2.45) is 0 Å². The summed E-state index contributed by atoms with van der Waals surface area (Å²) in [7, 11) is 0. The Balaban J connectivity index is 1.69. The Morgan fingerprint density at radius 3 is 1.49 bits per heavy atom. The molecule has 0 spiro atoms. The van der Waals surface area contributed by atoms with Gasteiger partial charge in [0.25, 0.3) is 23.6 Å². The monoisotopic (exact) mass is 468 g/mol. The van der Waals surface area contributed by atoms with Crippen molar-refractivity contribution in [1.29, 1.82) is 0 Å². The summed E-state index contributed by atoms with van der Waals surface area (Å²) in [6.07, 6.45) is 4.01. The first-order valence-electron chi connectivity index (χ1n) is 12.4. The first-order chi connectivity index (χ1) is 16.9. The molecule has 2 heterocycles. The normalized spacial score (nSPS) is 14.9. The summed E-state index contributed by atoms with van der Waals surface area (Å²) in [5.74, 6) is -1.58. The van der Waals surface area contributed by atoms with Crippen LogP contribution in [0.4, 0.5) is 5.69 Å². The molecular weight excluding hydrogens is 440 g/mol. The number of benzene rings is 3. The fourth-order valence-electron chi connectivity index (χ4n) is 5.35. The molecule has 0 saturated carbocycles. The van der Waals surface area contributed by atoms with E-state index in [4.69, 9.17) is 0 Å². The molecule has 178 valence electrons. The minimum absolute atomic E-state index is 0.341. The van der Waals surface area contributed by atoms with Gasteiger partial charge in [0.15, 0.2) is 0 Å². The number of carbonyl (C=O) groups excluding carboxylic acids is 4. The number of carbonyl (C=O) groups is 4.